The molecule has 9 nitrogen and oxygen atoms in total. The number of methoxy groups -OCH3 is 1. The molecule has 1 aliphatic heterocycles. The zero-order valence-corrected chi connectivity index (χ0v) is 19.7. The number of nitrogens with one attached hydrogen (secondary N) is 1. The molecule has 32 heavy (non-hydrogen) atoms. The van der Waals surface area contributed by atoms with Crippen LogP contribution >= 0.6 is 0 Å². The van der Waals surface area contributed by atoms with Gasteiger partial charge in [0, 0.05) is 20.6 Å². The molecule has 5 atom stereocenters. The Morgan fingerprint density at radius 1 is 1.06 bits per heavy atom. The minimum absolute atomic E-state index is 0.125. The second-order valence-corrected chi connectivity index (χ2v) is 8.54. The highest BCUT2D eigenvalue weighted by molar-refractivity contribution is 5.67. The van der Waals surface area contributed by atoms with E-state index in [0.717, 1.165) is 5.56 Å². The minimum Gasteiger partial charge on any atom is -0.454 e. The van der Waals surface area contributed by atoms with E-state index in [-0.39, 0.29) is 19.3 Å². The molecule has 1 N–H and O–H groups in total. The SMILES string of the molecule is CO[C@@H]1[C@H](OC(C)=O)[C@@H](OCCNC(=O)OC(C)(C)C)O[C@H](C)[C@H]1OCc1ccccc1. The third kappa shape index (κ3) is 8.38. The molecule has 1 aliphatic rings. The number of esters is 1. The monoisotopic (exact) mass is 453 g/mol. The smallest absolute Gasteiger partial charge is 0.407 e. The van der Waals surface area contributed by atoms with Gasteiger partial charge < -0.3 is 33.7 Å². The molecule has 1 amide bonds. The molecule has 1 fully saturated rings. The number of ether oxygens (including phenoxy) is 6. The lowest BCUT2D eigenvalue weighted by molar-refractivity contribution is -0.307. The zero-order valence-electron chi connectivity index (χ0n) is 19.7. The molecule has 0 unspecified atom stereocenters. The lowest BCUT2D eigenvalue weighted by atomic mass is 9.99. The summed E-state index contributed by atoms with van der Waals surface area (Å²) < 4.78 is 34.2. The number of carbonyl (C=O) groups excluding carboxylic acids is 2. The van der Waals surface area contributed by atoms with E-state index in [9.17, 15) is 9.59 Å². The summed E-state index contributed by atoms with van der Waals surface area (Å²) in [5, 5.41) is 2.61. The van der Waals surface area contributed by atoms with Gasteiger partial charge in [-0.15, -0.1) is 0 Å². The Balaban J connectivity index is 1.97. The summed E-state index contributed by atoms with van der Waals surface area (Å²) in [6.07, 6.45) is -3.73. The first-order valence-electron chi connectivity index (χ1n) is 10.7. The fourth-order valence-corrected chi connectivity index (χ4v) is 3.33. The van der Waals surface area contributed by atoms with Crippen molar-refractivity contribution in [1.82, 2.24) is 5.32 Å². The van der Waals surface area contributed by atoms with Crippen molar-refractivity contribution in [3.63, 3.8) is 0 Å². The predicted molar refractivity (Wildman–Crippen MR) is 116 cm³/mol. The summed E-state index contributed by atoms with van der Waals surface area (Å²) in [5.74, 6) is -0.488. The Kier molecular flexibility index (Phi) is 9.89. The summed E-state index contributed by atoms with van der Waals surface area (Å²) in [6.45, 7) is 9.19. The molecule has 0 radical (unpaired) electrons. The van der Waals surface area contributed by atoms with Gasteiger partial charge in [0.2, 0.25) is 0 Å². The van der Waals surface area contributed by atoms with Crippen molar-refractivity contribution >= 4 is 12.1 Å². The first-order valence-corrected chi connectivity index (χ1v) is 10.7. The van der Waals surface area contributed by atoms with E-state index in [1.54, 1.807) is 20.8 Å². The van der Waals surface area contributed by atoms with Crippen LogP contribution in [0.2, 0.25) is 0 Å². The molecule has 0 aromatic heterocycles. The summed E-state index contributed by atoms with van der Waals surface area (Å²) in [4.78, 5) is 23.5. The van der Waals surface area contributed by atoms with E-state index in [0.29, 0.717) is 6.61 Å². The van der Waals surface area contributed by atoms with Crippen LogP contribution in [0, 0.1) is 0 Å². The van der Waals surface area contributed by atoms with Crippen LogP contribution in [0.3, 0.4) is 0 Å². The summed E-state index contributed by atoms with van der Waals surface area (Å²) >= 11 is 0. The van der Waals surface area contributed by atoms with Crippen LogP contribution in [0.1, 0.15) is 40.2 Å². The van der Waals surface area contributed by atoms with Gasteiger partial charge in [-0.1, -0.05) is 30.3 Å². The van der Waals surface area contributed by atoms with E-state index in [2.05, 4.69) is 5.32 Å². The number of hydrogen-bond acceptors (Lipinski definition) is 8. The van der Waals surface area contributed by atoms with E-state index in [1.807, 2.05) is 37.3 Å². The first kappa shape index (κ1) is 26.1. The van der Waals surface area contributed by atoms with Gasteiger partial charge in [0.1, 0.15) is 17.8 Å². The van der Waals surface area contributed by atoms with Gasteiger partial charge >= 0.3 is 12.1 Å². The van der Waals surface area contributed by atoms with Crippen LogP contribution in [0.25, 0.3) is 0 Å². The summed E-state index contributed by atoms with van der Waals surface area (Å²) in [5.41, 5.74) is 0.415. The van der Waals surface area contributed by atoms with Crippen LogP contribution in [-0.4, -0.2) is 68.6 Å². The molecule has 0 saturated carbocycles. The maximum atomic E-state index is 11.8. The van der Waals surface area contributed by atoms with Crippen molar-refractivity contribution < 1.29 is 38.0 Å². The number of amides is 1. The fraction of sp³-hybridized carbons (Fsp3) is 0.652. The summed E-state index contributed by atoms with van der Waals surface area (Å²) in [7, 11) is 1.53. The zero-order chi connectivity index (χ0) is 23.7. The molecule has 180 valence electrons. The fourth-order valence-electron chi connectivity index (χ4n) is 3.33. The lowest BCUT2D eigenvalue weighted by Crippen LogP contribution is -2.60. The Hall–Kier alpha value is -2.20. The lowest BCUT2D eigenvalue weighted by Gasteiger charge is -2.44. The Morgan fingerprint density at radius 3 is 2.34 bits per heavy atom. The van der Waals surface area contributed by atoms with Gasteiger partial charge in [-0.25, -0.2) is 4.79 Å². The maximum Gasteiger partial charge on any atom is 0.407 e. The average molecular weight is 454 g/mol. The van der Waals surface area contributed by atoms with Crippen LogP contribution in [0.4, 0.5) is 4.79 Å². The number of rotatable bonds is 9. The molecule has 1 saturated heterocycles. The Bertz CT molecular complexity index is 720. The van der Waals surface area contributed by atoms with Crippen molar-refractivity contribution in [1.29, 1.82) is 0 Å². The number of hydrogen-bond donors (Lipinski definition) is 1. The van der Waals surface area contributed by atoms with Crippen LogP contribution in [0.5, 0.6) is 0 Å². The van der Waals surface area contributed by atoms with Crippen molar-refractivity contribution in [2.24, 2.45) is 0 Å². The topological polar surface area (TPSA) is 102 Å². The predicted octanol–water partition coefficient (Wildman–Crippen LogP) is 2.80. The highest BCUT2D eigenvalue weighted by Gasteiger charge is 2.48. The standard InChI is InChI=1S/C23H35NO8/c1-15-18(29-14-17-10-8-7-9-11-17)19(27-6)20(31-16(2)25)21(30-15)28-13-12-24-22(26)32-23(3,4)5/h7-11,15,18-21H,12-14H2,1-6H3,(H,24,26)/t15-,18-,19+,20+,21+/m1/s1. The van der Waals surface area contributed by atoms with Crippen molar-refractivity contribution in [3.8, 4) is 0 Å². The van der Waals surface area contributed by atoms with Crippen molar-refractivity contribution in [2.45, 2.75) is 77.5 Å². The van der Waals surface area contributed by atoms with Gasteiger partial charge in [0.25, 0.3) is 0 Å². The molecular weight excluding hydrogens is 418 g/mol. The highest BCUT2D eigenvalue weighted by atomic mass is 16.7. The molecule has 0 spiro atoms. The van der Waals surface area contributed by atoms with E-state index in [4.69, 9.17) is 28.4 Å². The van der Waals surface area contributed by atoms with Gasteiger partial charge in [-0.3, -0.25) is 4.79 Å². The van der Waals surface area contributed by atoms with Gasteiger partial charge in [0.15, 0.2) is 12.4 Å². The molecule has 9 heteroatoms. The second-order valence-electron chi connectivity index (χ2n) is 8.54. The van der Waals surface area contributed by atoms with Crippen LogP contribution < -0.4 is 5.32 Å². The Labute approximate surface area is 189 Å². The number of alkyl carbamates (subject to hydrolysis) is 1. The minimum atomic E-state index is -0.879. The van der Waals surface area contributed by atoms with Gasteiger partial charge in [0.05, 0.1) is 19.3 Å². The second kappa shape index (κ2) is 12.2. The average Bonchev–Trinajstić information content (AvgIpc) is 2.70. The largest absolute Gasteiger partial charge is 0.454 e. The molecule has 1 aromatic rings. The Morgan fingerprint density at radius 2 is 1.75 bits per heavy atom. The van der Waals surface area contributed by atoms with Gasteiger partial charge in [-0.05, 0) is 33.3 Å². The van der Waals surface area contributed by atoms with Crippen LogP contribution in [0.15, 0.2) is 30.3 Å². The molecule has 1 aromatic carbocycles. The first-order chi connectivity index (χ1) is 15.1. The molecule has 2 rings (SSSR count). The van der Waals surface area contributed by atoms with Crippen molar-refractivity contribution in [3.05, 3.63) is 35.9 Å². The molecular formula is C23H35NO8. The van der Waals surface area contributed by atoms with Gasteiger partial charge in [-0.2, -0.15) is 0 Å². The molecule has 0 bridgehead atoms. The normalized spacial score (nSPS) is 25.8. The van der Waals surface area contributed by atoms with E-state index < -0.39 is 42.3 Å². The maximum absolute atomic E-state index is 11.8. The third-order valence-corrected chi connectivity index (χ3v) is 4.64. The molecule has 0 aliphatic carbocycles. The van der Waals surface area contributed by atoms with Crippen molar-refractivity contribution in [2.75, 3.05) is 20.3 Å². The van der Waals surface area contributed by atoms with Crippen LogP contribution in [-0.2, 0) is 39.8 Å². The summed E-state index contributed by atoms with van der Waals surface area (Å²) in [6, 6.07) is 9.73. The highest BCUT2D eigenvalue weighted by Crippen LogP contribution is 2.29. The number of benzene rings is 1. The van der Waals surface area contributed by atoms with E-state index >= 15 is 0 Å². The van der Waals surface area contributed by atoms with E-state index in [1.165, 1.54) is 14.0 Å². The number of carbonyl (C=O) groups is 2. The quantitative estimate of drug-likeness (QED) is 0.450. The molecule has 1 heterocycles. The third-order valence-electron chi connectivity index (χ3n) is 4.64.